The van der Waals surface area contributed by atoms with Crippen LogP contribution in [0.15, 0.2) is 61.1 Å². The average molecular weight is 684 g/mol. The molecule has 5 rings (SSSR count). The van der Waals surface area contributed by atoms with Crippen molar-refractivity contribution in [2.45, 2.75) is 50.1 Å². The number of nitrogens with two attached hydrogens (primary N) is 1. The van der Waals surface area contributed by atoms with Gasteiger partial charge in [0, 0.05) is 43.8 Å². The van der Waals surface area contributed by atoms with Gasteiger partial charge in [-0.2, -0.15) is 0 Å². The Hall–Kier alpha value is -3.85. The standard InChI is InChI=1S/C34H43ClFN7O5/c1-38-32-25-10-15-43(33(25)41-20-40-32)28-17-22(30(44)31(28)45)19-42(14-11-27(37)34(46)47-2)13-3-12-39-18-21-4-9-29(26(36)16-21)48-24-7-5-23(35)6-8-24/h4-10,15-16,20,22,27-28,30-31,39,44-45H,3,11-14,17-19,37H2,1-2H3,(H,38,40,41)/t22-,27?,28-,30-,31+/m1/s1. The number of benzene rings is 2. The highest BCUT2D eigenvalue weighted by atomic mass is 35.5. The number of anilines is 1. The number of nitrogens with zero attached hydrogens (tertiary/aromatic N) is 4. The molecule has 1 aliphatic carbocycles. The van der Waals surface area contributed by atoms with Crippen LogP contribution in [0.4, 0.5) is 10.2 Å². The van der Waals surface area contributed by atoms with Crippen molar-refractivity contribution < 1.29 is 28.9 Å². The summed E-state index contributed by atoms with van der Waals surface area (Å²) >= 11 is 5.91. The molecule has 0 spiro atoms. The van der Waals surface area contributed by atoms with Gasteiger partial charge in [0.15, 0.2) is 11.6 Å². The van der Waals surface area contributed by atoms with Gasteiger partial charge in [-0.25, -0.2) is 14.4 Å². The zero-order valence-corrected chi connectivity index (χ0v) is 27.8. The molecule has 2 heterocycles. The third-order valence-electron chi connectivity index (χ3n) is 8.82. The number of carbonyl (C=O) groups is 1. The van der Waals surface area contributed by atoms with Gasteiger partial charge in [0.2, 0.25) is 0 Å². The Morgan fingerprint density at radius 3 is 2.69 bits per heavy atom. The van der Waals surface area contributed by atoms with Crippen molar-refractivity contribution in [3.05, 3.63) is 77.5 Å². The molecular formula is C34H43ClFN7O5. The lowest BCUT2D eigenvalue weighted by Gasteiger charge is -2.28. The fraction of sp³-hybridized carbons (Fsp3) is 0.441. The lowest BCUT2D eigenvalue weighted by atomic mass is 10.0. The van der Waals surface area contributed by atoms with Gasteiger partial charge in [-0.05, 0) is 80.4 Å². The molecule has 48 heavy (non-hydrogen) atoms. The first-order valence-electron chi connectivity index (χ1n) is 16.0. The predicted octanol–water partition coefficient (Wildman–Crippen LogP) is 3.71. The van der Waals surface area contributed by atoms with E-state index in [4.69, 9.17) is 26.8 Å². The molecule has 258 valence electrons. The fourth-order valence-corrected chi connectivity index (χ4v) is 6.36. The van der Waals surface area contributed by atoms with E-state index in [1.54, 1.807) is 37.4 Å². The maximum atomic E-state index is 14.7. The molecule has 0 radical (unpaired) electrons. The van der Waals surface area contributed by atoms with E-state index in [1.807, 2.05) is 22.9 Å². The van der Waals surface area contributed by atoms with Crippen LogP contribution in [0.2, 0.25) is 5.02 Å². The minimum absolute atomic E-state index is 0.129. The van der Waals surface area contributed by atoms with Crippen molar-refractivity contribution in [2.75, 3.05) is 45.7 Å². The van der Waals surface area contributed by atoms with Gasteiger partial charge in [0.05, 0.1) is 24.6 Å². The van der Waals surface area contributed by atoms with E-state index in [1.165, 1.54) is 19.5 Å². The molecular weight excluding hydrogens is 641 g/mol. The van der Waals surface area contributed by atoms with E-state index >= 15 is 0 Å². The van der Waals surface area contributed by atoms with Crippen molar-refractivity contribution >= 4 is 34.4 Å². The minimum Gasteiger partial charge on any atom is -0.468 e. The highest BCUT2D eigenvalue weighted by Crippen LogP contribution is 2.38. The van der Waals surface area contributed by atoms with E-state index in [9.17, 15) is 19.4 Å². The minimum atomic E-state index is -0.984. The molecule has 14 heteroatoms. The number of fused-ring (bicyclic) bond motifs is 1. The normalized spacial score (nSPS) is 19.9. The molecule has 0 aliphatic heterocycles. The first-order valence-corrected chi connectivity index (χ1v) is 16.4. The van der Waals surface area contributed by atoms with E-state index in [-0.39, 0.29) is 17.7 Å². The number of aliphatic hydroxyl groups excluding tert-OH is 2. The zero-order chi connectivity index (χ0) is 34.2. The summed E-state index contributed by atoms with van der Waals surface area (Å²) in [7, 11) is 3.10. The maximum absolute atomic E-state index is 14.7. The number of hydrogen-bond donors (Lipinski definition) is 5. The molecule has 1 aliphatic rings. The van der Waals surface area contributed by atoms with Crippen LogP contribution in [0.25, 0.3) is 11.0 Å². The summed E-state index contributed by atoms with van der Waals surface area (Å²) in [6.07, 6.45) is 3.07. The topological polar surface area (TPSA) is 160 Å². The number of rotatable bonds is 16. The van der Waals surface area contributed by atoms with Crippen LogP contribution in [-0.4, -0.2) is 94.2 Å². The van der Waals surface area contributed by atoms with Gasteiger partial charge in [0.1, 0.15) is 35.7 Å². The van der Waals surface area contributed by atoms with Gasteiger partial charge in [-0.1, -0.05) is 17.7 Å². The smallest absolute Gasteiger partial charge is 0.322 e. The average Bonchev–Trinajstić information content (AvgIpc) is 3.64. The van der Waals surface area contributed by atoms with E-state index in [0.29, 0.717) is 67.8 Å². The van der Waals surface area contributed by atoms with E-state index in [0.717, 1.165) is 17.4 Å². The molecule has 1 fully saturated rings. The number of nitrogens with one attached hydrogen (secondary N) is 2. The second kappa shape index (κ2) is 16.5. The lowest BCUT2D eigenvalue weighted by Crippen LogP contribution is -2.41. The van der Waals surface area contributed by atoms with Crippen molar-refractivity contribution in [3.63, 3.8) is 0 Å². The molecule has 2 aromatic carbocycles. The highest BCUT2D eigenvalue weighted by molar-refractivity contribution is 6.30. The first-order chi connectivity index (χ1) is 23.2. The Morgan fingerprint density at radius 2 is 1.96 bits per heavy atom. The summed E-state index contributed by atoms with van der Waals surface area (Å²) in [5.74, 6) is 0.141. The summed E-state index contributed by atoms with van der Waals surface area (Å²) < 4.78 is 27.1. The molecule has 0 amide bonds. The van der Waals surface area contributed by atoms with Gasteiger partial charge >= 0.3 is 5.97 Å². The molecule has 0 bridgehead atoms. The number of esters is 1. The Balaban J connectivity index is 1.16. The second-order valence-electron chi connectivity index (χ2n) is 12.0. The van der Waals surface area contributed by atoms with Gasteiger partial charge in [0.25, 0.3) is 0 Å². The molecule has 4 aromatic rings. The van der Waals surface area contributed by atoms with Crippen LogP contribution >= 0.6 is 11.6 Å². The maximum Gasteiger partial charge on any atom is 0.322 e. The van der Waals surface area contributed by atoms with Gasteiger partial charge in [-0.15, -0.1) is 0 Å². The largest absolute Gasteiger partial charge is 0.468 e. The first kappa shape index (κ1) is 35.5. The number of methoxy groups -OCH3 is 1. The quantitative estimate of drug-likeness (QED) is 0.0865. The number of ether oxygens (including phenoxy) is 2. The number of aromatic nitrogens is 3. The van der Waals surface area contributed by atoms with Crippen LogP contribution in [0.5, 0.6) is 11.5 Å². The number of aliphatic hydroxyl groups is 2. The summed E-state index contributed by atoms with van der Waals surface area (Å²) in [5, 5.41) is 30.1. The predicted molar refractivity (Wildman–Crippen MR) is 182 cm³/mol. The summed E-state index contributed by atoms with van der Waals surface area (Å²) in [6.45, 7) is 2.76. The molecule has 2 aromatic heterocycles. The molecule has 0 saturated heterocycles. The Kier molecular flexibility index (Phi) is 12.2. The zero-order valence-electron chi connectivity index (χ0n) is 27.1. The van der Waals surface area contributed by atoms with Crippen LogP contribution in [0.1, 0.15) is 30.9 Å². The van der Waals surface area contributed by atoms with Crippen molar-refractivity contribution in [3.8, 4) is 11.5 Å². The Bertz CT molecular complexity index is 1660. The van der Waals surface area contributed by atoms with Crippen LogP contribution < -0.4 is 21.1 Å². The molecule has 1 unspecified atom stereocenters. The SMILES string of the molecule is CNc1ncnc2c1ccn2[C@@H]1C[C@H](CN(CCCNCc2ccc(Oc3ccc(Cl)cc3)c(F)c2)CCC(N)C(=O)OC)[C@@H](O)[C@H]1O. The van der Waals surface area contributed by atoms with E-state index < -0.39 is 30.0 Å². The fourth-order valence-electron chi connectivity index (χ4n) is 6.24. The highest BCUT2D eigenvalue weighted by Gasteiger charge is 2.43. The third-order valence-corrected chi connectivity index (χ3v) is 9.07. The second-order valence-corrected chi connectivity index (χ2v) is 12.5. The number of hydrogen-bond acceptors (Lipinski definition) is 11. The summed E-state index contributed by atoms with van der Waals surface area (Å²) in [6, 6.07) is 12.3. The monoisotopic (exact) mass is 683 g/mol. The summed E-state index contributed by atoms with van der Waals surface area (Å²) in [4.78, 5) is 22.8. The Morgan fingerprint density at radius 1 is 1.17 bits per heavy atom. The Labute approximate surface area is 284 Å². The van der Waals surface area contributed by atoms with E-state index in [2.05, 4.69) is 25.5 Å². The van der Waals surface area contributed by atoms with Gasteiger partial charge < -0.3 is 45.5 Å². The molecule has 12 nitrogen and oxygen atoms in total. The van der Waals surface area contributed by atoms with Crippen LogP contribution in [0, 0.1) is 11.7 Å². The van der Waals surface area contributed by atoms with Crippen LogP contribution in [0.3, 0.4) is 0 Å². The van der Waals surface area contributed by atoms with Crippen molar-refractivity contribution in [1.29, 1.82) is 0 Å². The summed E-state index contributed by atoms with van der Waals surface area (Å²) in [5.41, 5.74) is 7.50. The number of carbonyl (C=O) groups excluding carboxylic acids is 1. The molecule has 1 saturated carbocycles. The van der Waals surface area contributed by atoms with Crippen molar-refractivity contribution in [2.24, 2.45) is 11.7 Å². The van der Waals surface area contributed by atoms with Crippen LogP contribution in [-0.2, 0) is 16.1 Å². The van der Waals surface area contributed by atoms with Crippen molar-refractivity contribution in [1.82, 2.24) is 24.8 Å². The van der Waals surface area contributed by atoms with Gasteiger partial charge in [-0.3, -0.25) is 4.79 Å². The third kappa shape index (κ3) is 8.59. The molecule has 6 N–H and O–H groups in total. The lowest BCUT2D eigenvalue weighted by molar-refractivity contribution is -0.142. The number of halogens is 2. The molecule has 5 atom stereocenters.